The van der Waals surface area contributed by atoms with Crippen LogP contribution in [0.25, 0.3) is 0 Å². The average molecular weight is 212 g/mol. The Bertz CT molecular complexity index is 161. The first kappa shape index (κ1) is 15.0. The SMILES string of the molecule is CC.CCC(C)C1CCC(C)C1(C)CC. The molecule has 15 heavy (non-hydrogen) atoms. The molecule has 0 nitrogen and oxygen atoms in total. The number of hydrogen-bond donors (Lipinski definition) is 0. The van der Waals surface area contributed by atoms with E-state index in [0.717, 1.165) is 17.8 Å². The van der Waals surface area contributed by atoms with Crippen molar-refractivity contribution in [2.24, 2.45) is 23.2 Å². The molecule has 0 spiro atoms. The van der Waals surface area contributed by atoms with Crippen molar-refractivity contribution >= 4 is 0 Å². The van der Waals surface area contributed by atoms with E-state index in [-0.39, 0.29) is 0 Å². The topological polar surface area (TPSA) is 0 Å². The van der Waals surface area contributed by atoms with E-state index in [1.165, 1.54) is 25.7 Å². The average Bonchev–Trinajstić information content (AvgIpc) is 2.58. The van der Waals surface area contributed by atoms with Crippen molar-refractivity contribution in [1.29, 1.82) is 0 Å². The third-order valence-electron chi connectivity index (χ3n) is 4.98. The molecule has 1 aliphatic carbocycles. The van der Waals surface area contributed by atoms with E-state index in [0.29, 0.717) is 5.41 Å². The van der Waals surface area contributed by atoms with E-state index in [1.807, 2.05) is 13.8 Å². The first-order valence-corrected chi connectivity index (χ1v) is 7.06. The lowest BCUT2D eigenvalue weighted by molar-refractivity contribution is 0.115. The Hall–Kier alpha value is 0. The van der Waals surface area contributed by atoms with Gasteiger partial charge in [-0.15, -0.1) is 0 Å². The molecule has 1 fully saturated rings. The quantitative estimate of drug-likeness (QED) is 0.577. The summed E-state index contributed by atoms with van der Waals surface area (Å²) in [5, 5.41) is 0. The monoisotopic (exact) mass is 212 g/mol. The second-order valence-corrected chi connectivity index (χ2v) is 5.33. The van der Waals surface area contributed by atoms with Crippen LogP contribution in [0.15, 0.2) is 0 Å². The predicted molar refractivity (Wildman–Crippen MR) is 71.1 cm³/mol. The summed E-state index contributed by atoms with van der Waals surface area (Å²) in [7, 11) is 0. The molecule has 1 rings (SSSR count). The fraction of sp³-hybridized carbons (Fsp3) is 1.00. The van der Waals surface area contributed by atoms with Crippen LogP contribution in [0, 0.1) is 23.2 Å². The molecule has 4 atom stereocenters. The van der Waals surface area contributed by atoms with Gasteiger partial charge in [0.05, 0.1) is 0 Å². The van der Waals surface area contributed by atoms with Crippen LogP contribution >= 0.6 is 0 Å². The zero-order valence-electron chi connectivity index (χ0n) is 12.1. The van der Waals surface area contributed by atoms with Crippen molar-refractivity contribution < 1.29 is 0 Å². The highest BCUT2D eigenvalue weighted by Crippen LogP contribution is 2.53. The lowest BCUT2D eigenvalue weighted by atomic mass is 9.67. The highest BCUT2D eigenvalue weighted by atomic mass is 14.5. The van der Waals surface area contributed by atoms with E-state index >= 15 is 0 Å². The molecular weight excluding hydrogens is 180 g/mol. The highest BCUT2D eigenvalue weighted by Gasteiger charge is 2.44. The third kappa shape index (κ3) is 2.98. The number of rotatable bonds is 3. The van der Waals surface area contributed by atoms with Gasteiger partial charge in [-0.05, 0) is 36.0 Å². The fourth-order valence-corrected chi connectivity index (χ4v) is 3.28. The Morgan fingerprint density at radius 2 is 1.73 bits per heavy atom. The molecule has 1 aliphatic rings. The summed E-state index contributed by atoms with van der Waals surface area (Å²) in [5.41, 5.74) is 0.634. The Morgan fingerprint density at radius 3 is 2.13 bits per heavy atom. The lowest BCUT2D eigenvalue weighted by Gasteiger charge is -2.38. The van der Waals surface area contributed by atoms with Gasteiger partial charge in [0, 0.05) is 0 Å². The van der Waals surface area contributed by atoms with Gasteiger partial charge in [-0.1, -0.05) is 61.3 Å². The molecule has 0 aromatic heterocycles. The second kappa shape index (κ2) is 6.55. The smallest absolute Gasteiger partial charge is 0.0272 e. The molecule has 0 radical (unpaired) electrons. The van der Waals surface area contributed by atoms with Gasteiger partial charge in [0.2, 0.25) is 0 Å². The normalized spacial score (nSPS) is 37.0. The largest absolute Gasteiger partial charge is 0.0683 e. The fourth-order valence-electron chi connectivity index (χ4n) is 3.28. The molecule has 0 aromatic rings. The zero-order chi connectivity index (χ0) is 12.1. The van der Waals surface area contributed by atoms with Crippen LogP contribution in [-0.4, -0.2) is 0 Å². The minimum Gasteiger partial charge on any atom is -0.0683 e. The summed E-state index contributed by atoms with van der Waals surface area (Å²) < 4.78 is 0. The van der Waals surface area contributed by atoms with Crippen molar-refractivity contribution in [3.05, 3.63) is 0 Å². The molecule has 0 amide bonds. The van der Waals surface area contributed by atoms with Gasteiger partial charge in [-0.25, -0.2) is 0 Å². The lowest BCUT2D eigenvalue weighted by Crippen LogP contribution is -2.30. The number of hydrogen-bond acceptors (Lipinski definition) is 0. The van der Waals surface area contributed by atoms with E-state index in [9.17, 15) is 0 Å². The molecule has 0 bridgehead atoms. The first-order chi connectivity index (χ1) is 7.06. The van der Waals surface area contributed by atoms with Crippen LogP contribution in [-0.2, 0) is 0 Å². The van der Waals surface area contributed by atoms with E-state index in [4.69, 9.17) is 0 Å². The van der Waals surface area contributed by atoms with Crippen molar-refractivity contribution in [2.75, 3.05) is 0 Å². The van der Waals surface area contributed by atoms with Gasteiger partial charge >= 0.3 is 0 Å². The second-order valence-electron chi connectivity index (χ2n) is 5.33. The molecule has 0 N–H and O–H groups in total. The summed E-state index contributed by atoms with van der Waals surface area (Å²) in [6.45, 7) is 16.1. The summed E-state index contributed by atoms with van der Waals surface area (Å²) >= 11 is 0. The van der Waals surface area contributed by atoms with Gasteiger partial charge in [-0.2, -0.15) is 0 Å². The van der Waals surface area contributed by atoms with Crippen LogP contribution in [0.4, 0.5) is 0 Å². The Labute approximate surface area is 97.8 Å². The minimum atomic E-state index is 0.634. The summed E-state index contributed by atoms with van der Waals surface area (Å²) in [6.07, 6.45) is 5.65. The van der Waals surface area contributed by atoms with Crippen LogP contribution in [0.1, 0.15) is 74.1 Å². The van der Waals surface area contributed by atoms with Gasteiger partial charge in [0.15, 0.2) is 0 Å². The molecular formula is C15H32. The van der Waals surface area contributed by atoms with E-state index < -0.39 is 0 Å². The van der Waals surface area contributed by atoms with Crippen LogP contribution < -0.4 is 0 Å². The Balaban J connectivity index is 0.000000921. The predicted octanol–water partition coefficient (Wildman–Crippen LogP) is 5.52. The molecule has 0 heterocycles. The molecule has 92 valence electrons. The molecule has 0 aromatic carbocycles. The van der Waals surface area contributed by atoms with Crippen LogP contribution in [0.3, 0.4) is 0 Å². The van der Waals surface area contributed by atoms with Crippen molar-refractivity contribution in [1.82, 2.24) is 0 Å². The van der Waals surface area contributed by atoms with Crippen molar-refractivity contribution in [3.63, 3.8) is 0 Å². The van der Waals surface area contributed by atoms with Crippen molar-refractivity contribution in [3.8, 4) is 0 Å². The van der Waals surface area contributed by atoms with Crippen molar-refractivity contribution in [2.45, 2.75) is 74.1 Å². The Morgan fingerprint density at radius 1 is 1.20 bits per heavy atom. The van der Waals surface area contributed by atoms with Crippen LogP contribution in [0.5, 0.6) is 0 Å². The maximum atomic E-state index is 2.52. The first-order valence-electron chi connectivity index (χ1n) is 7.06. The van der Waals surface area contributed by atoms with Gasteiger partial charge < -0.3 is 0 Å². The molecule has 4 unspecified atom stereocenters. The van der Waals surface area contributed by atoms with Gasteiger partial charge in [-0.3, -0.25) is 0 Å². The van der Waals surface area contributed by atoms with Gasteiger partial charge in [0.1, 0.15) is 0 Å². The minimum absolute atomic E-state index is 0.634. The zero-order valence-corrected chi connectivity index (χ0v) is 12.1. The van der Waals surface area contributed by atoms with E-state index in [2.05, 4.69) is 34.6 Å². The molecule has 0 aliphatic heterocycles. The standard InChI is InChI=1S/C13H26.C2H6/c1-6-10(3)12-9-8-11(4)13(12,5)7-2;1-2/h10-12H,6-9H2,1-5H3;1-2H3. The third-order valence-corrected chi connectivity index (χ3v) is 4.98. The van der Waals surface area contributed by atoms with Crippen LogP contribution in [0.2, 0.25) is 0 Å². The summed E-state index contributed by atoms with van der Waals surface area (Å²) in [5.74, 6) is 2.85. The van der Waals surface area contributed by atoms with Gasteiger partial charge in [0.25, 0.3) is 0 Å². The molecule has 0 heteroatoms. The summed E-state index contributed by atoms with van der Waals surface area (Å²) in [4.78, 5) is 0. The highest BCUT2D eigenvalue weighted by molar-refractivity contribution is 4.93. The molecule has 1 saturated carbocycles. The summed E-state index contributed by atoms with van der Waals surface area (Å²) in [6, 6.07) is 0. The maximum Gasteiger partial charge on any atom is -0.0272 e. The molecule has 0 saturated heterocycles. The Kier molecular flexibility index (Phi) is 6.55. The van der Waals surface area contributed by atoms with E-state index in [1.54, 1.807) is 0 Å². The maximum absolute atomic E-state index is 2.52.